The lowest BCUT2D eigenvalue weighted by Crippen LogP contribution is -2.54. The van der Waals surface area contributed by atoms with Crippen molar-refractivity contribution in [2.75, 3.05) is 13.2 Å². The molecule has 1 unspecified atom stereocenters. The predicted octanol–water partition coefficient (Wildman–Crippen LogP) is 1.31. The molecule has 1 spiro atoms. The third-order valence-corrected chi connectivity index (χ3v) is 3.06. The third kappa shape index (κ3) is 1.39. The van der Waals surface area contributed by atoms with Crippen LogP contribution in [-0.4, -0.2) is 40.4 Å². The van der Waals surface area contributed by atoms with Crippen molar-refractivity contribution in [2.45, 2.75) is 37.8 Å². The number of likely N-dealkylation sites (tertiary alicyclic amines) is 1. The highest BCUT2D eigenvalue weighted by atomic mass is 16.6. The van der Waals surface area contributed by atoms with Gasteiger partial charge in [-0.1, -0.05) is 0 Å². The topological polar surface area (TPSA) is 53.1 Å². The fourth-order valence-electron chi connectivity index (χ4n) is 2.29. The Kier molecular flexibility index (Phi) is 1.61. The summed E-state index contributed by atoms with van der Waals surface area (Å²) in [5, 5.41) is 8.95. The highest BCUT2D eigenvalue weighted by Gasteiger charge is 2.54. The molecule has 74 valence electrons. The molecule has 2 rings (SSSR count). The van der Waals surface area contributed by atoms with Gasteiger partial charge in [-0.15, -0.1) is 0 Å². The Morgan fingerprint density at radius 1 is 1.54 bits per heavy atom. The number of amides is 1. The van der Waals surface area contributed by atoms with Crippen LogP contribution in [-0.2, 0) is 4.74 Å². The number of ether oxygens (including phenoxy) is 1. The van der Waals surface area contributed by atoms with E-state index in [4.69, 9.17) is 9.84 Å². The van der Waals surface area contributed by atoms with E-state index < -0.39 is 6.09 Å². The normalized spacial score (nSPS) is 36.3. The molecular formula is C9H15NO3. The molecule has 4 heteroatoms. The highest BCUT2D eigenvalue weighted by Crippen LogP contribution is 2.44. The van der Waals surface area contributed by atoms with Crippen LogP contribution in [0.4, 0.5) is 4.79 Å². The van der Waals surface area contributed by atoms with Gasteiger partial charge in [0.2, 0.25) is 0 Å². The third-order valence-electron chi connectivity index (χ3n) is 3.06. The summed E-state index contributed by atoms with van der Waals surface area (Å²) in [7, 11) is 0. The van der Waals surface area contributed by atoms with Gasteiger partial charge in [-0.05, 0) is 20.3 Å². The van der Waals surface area contributed by atoms with E-state index in [0.717, 1.165) is 19.4 Å². The first-order valence-electron chi connectivity index (χ1n) is 4.60. The minimum Gasteiger partial charge on any atom is -0.465 e. The fourth-order valence-corrected chi connectivity index (χ4v) is 2.29. The van der Waals surface area contributed by atoms with E-state index in [1.54, 1.807) is 0 Å². The average molecular weight is 185 g/mol. The Morgan fingerprint density at radius 3 is 2.54 bits per heavy atom. The molecule has 0 aromatic heterocycles. The van der Waals surface area contributed by atoms with Crippen LogP contribution in [0.5, 0.6) is 0 Å². The van der Waals surface area contributed by atoms with Crippen LogP contribution in [0.3, 0.4) is 0 Å². The Hall–Kier alpha value is -0.770. The van der Waals surface area contributed by atoms with Crippen LogP contribution >= 0.6 is 0 Å². The molecule has 2 fully saturated rings. The molecule has 2 saturated heterocycles. The molecular weight excluding hydrogens is 170 g/mol. The second-order valence-electron chi connectivity index (χ2n) is 4.65. The SMILES string of the molecule is CC1(C)CC2(CCN1C(=O)O)CO2. The maximum atomic E-state index is 10.9. The number of hydrogen-bond donors (Lipinski definition) is 1. The van der Waals surface area contributed by atoms with Crippen molar-refractivity contribution in [1.82, 2.24) is 4.90 Å². The summed E-state index contributed by atoms with van der Waals surface area (Å²) in [6.07, 6.45) is 0.857. The van der Waals surface area contributed by atoms with Gasteiger partial charge >= 0.3 is 6.09 Å². The van der Waals surface area contributed by atoms with E-state index in [1.807, 2.05) is 13.8 Å². The van der Waals surface area contributed by atoms with Gasteiger partial charge in [-0.3, -0.25) is 0 Å². The van der Waals surface area contributed by atoms with Crippen molar-refractivity contribution in [3.63, 3.8) is 0 Å². The van der Waals surface area contributed by atoms with Gasteiger partial charge < -0.3 is 14.7 Å². The van der Waals surface area contributed by atoms with E-state index in [1.165, 1.54) is 4.90 Å². The number of piperidine rings is 1. The summed E-state index contributed by atoms with van der Waals surface area (Å²) in [5.41, 5.74) is -0.254. The maximum Gasteiger partial charge on any atom is 0.407 e. The second-order valence-corrected chi connectivity index (χ2v) is 4.65. The number of nitrogens with zero attached hydrogens (tertiary/aromatic N) is 1. The first-order chi connectivity index (χ1) is 5.95. The summed E-state index contributed by atoms with van der Waals surface area (Å²) in [5.74, 6) is 0. The molecule has 2 heterocycles. The van der Waals surface area contributed by atoms with Crippen LogP contribution in [0.2, 0.25) is 0 Å². The molecule has 2 aliphatic rings. The van der Waals surface area contributed by atoms with Crippen molar-refractivity contribution >= 4 is 6.09 Å². The quantitative estimate of drug-likeness (QED) is 0.579. The van der Waals surface area contributed by atoms with E-state index in [9.17, 15) is 4.79 Å². The molecule has 2 aliphatic heterocycles. The van der Waals surface area contributed by atoms with Crippen LogP contribution in [0.15, 0.2) is 0 Å². The van der Waals surface area contributed by atoms with Crippen molar-refractivity contribution in [3.05, 3.63) is 0 Å². The zero-order chi connectivity index (χ0) is 9.69. The molecule has 0 aromatic carbocycles. The summed E-state index contributed by atoms with van der Waals surface area (Å²) in [6, 6.07) is 0. The minimum absolute atomic E-state index is 0.0233. The molecule has 1 atom stereocenters. The first kappa shape index (κ1) is 8.81. The molecule has 0 aromatic rings. The van der Waals surface area contributed by atoms with Crippen molar-refractivity contribution < 1.29 is 14.6 Å². The Bertz CT molecular complexity index is 245. The number of carbonyl (C=O) groups is 1. The van der Waals surface area contributed by atoms with Crippen LogP contribution < -0.4 is 0 Å². The summed E-state index contributed by atoms with van der Waals surface area (Å²) >= 11 is 0. The molecule has 0 saturated carbocycles. The molecule has 0 radical (unpaired) electrons. The molecule has 0 bridgehead atoms. The van der Waals surface area contributed by atoms with Crippen molar-refractivity contribution in [1.29, 1.82) is 0 Å². The zero-order valence-corrected chi connectivity index (χ0v) is 8.04. The number of epoxide rings is 1. The van der Waals surface area contributed by atoms with Crippen LogP contribution in [0, 0.1) is 0 Å². The predicted molar refractivity (Wildman–Crippen MR) is 46.7 cm³/mol. The van der Waals surface area contributed by atoms with Gasteiger partial charge in [0, 0.05) is 18.5 Å². The van der Waals surface area contributed by atoms with E-state index >= 15 is 0 Å². The Labute approximate surface area is 77.5 Å². The Morgan fingerprint density at radius 2 is 2.15 bits per heavy atom. The number of rotatable bonds is 0. The van der Waals surface area contributed by atoms with Gasteiger partial charge in [0.15, 0.2) is 0 Å². The molecule has 1 amide bonds. The highest BCUT2D eigenvalue weighted by molar-refractivity contribution is 5.66. The van der Waals surface area contributed by atoms with Crippen molar-refractivity contribution in [2.24, 2.45) is 0 Å². The zero-order valence-electron chi connectivity index (χ0n) is 8.04. The summed E-state index contributed by atoms with van der Waals surface area (Å²) < 4.78 is 5.38. The lowest BCUT2D eigenvalue weighted by atomic mass is 9.83. The van der Waals surface area contributed by atoms with Gasteiger partial charge in [0.05, 0.1) is 12.2 Å². The summed E-state index contributed by atoms with van der Waals surface area (Å²) in [4.78, 5) is 12.4. The minimum atomic E-state index is -0.819. The maximum absolute atomic E-state index is 10.9. The van der Waals surface area contributed by atoms with E-state index in [0.29, 0.717) is 6.54 Å². The lowest BCUT2D eigenvalue weighted by molar-refractivity contribution is 0.0352. The first-order valence-corrected chi connectivity index (χ1v) is 4.60. The van der Waals surface area contributed by atoms with Crippen LogP contribution in [0.25, 0.3) is 0 Å². The molecule has 0 aliphatic carbocycles. The fraction of sp³-hybridized carbons (Fsp3) is 0.889. The van der Waals surface area contributed by atoms with E-state index in [-0.39, 0.29) is 11.1 Å². The number of hydrogen-bond acceptors (Lipinski definition) is 2. The smallest absolute Gasteiger partial charge is 0.407 e. The lowest BCUT2D eigenvalue weighted by Gasteiger charge is -2.43. The molecule has 4 nitrogen and oxygen atoms in total. The average Bonchev–Trinajstić information content (AvgIpc) is 2.65. The van der Waals surface area contributed by atoms with Crippen molar-refractivity contribution in [3.8, 4) is 0 Å². The van der Waals surface area contributed by atoms with Gasteiger partial charge in [-0.25, -0.2) is 4.79 Å². The molecule has 13 heavy (non-hydrogen) atoms. The monoisotopic (exact) mass is 185 g/mol. The van der Waals surface area contributed by atoms with E-state index in [2.05, 4.69) is 0 Å². The Balaban J connectivity index is 2.12. The summed E-state index contributed by atoms with van der Waals surface area (Å²) in [6.45, 7) is 5.33. The van der Waals surface area contributed by atoms with Gasteiger partial charge in [0.25, 0.3) is 0 Å². The largest absolute Gasteiger partial charge is 0.465 e. The van der Waals surface area contributed by atoms with Gasteiger partial charge in [0.1, 0.15) is 0 Å². The van der Waals surface area contributed by atoms with Crippen LogP contribution in [0.1, 0.15) is 26.7 Å². The molecule has 1 N–H and O–H groups in total. The second kappa shape index (κ2) is 2.38. The standard InChI is InChI=1S/C9H15NO3/c1-8(2)5-9(6-13-9)3-4-10(8)7(11)12/h3-6H2,1-2H3,(H,11,12). The van der Waals surface area contributed by atoms with Gasteiger partial charge in [-0.2, -0.15) is 0 Å². The number of carboxylic acid groups (broad SMARTS) is 1.